The molecule has 0 unspecified atom stereocenters. The predicted octanol–water partition coefficient (Wildman–Crippen LogP) is 2.94. The average Bonchev–Trinajstić information content (AvgIpc) is 2.64. The summed E-state index contributed by atoms with van der Waals surface area (Å²) in [6.45, 7) is -0.0296. The van der Waals surface area contributed by atoms with E-state index in [1.165, 1.54) is 12.0 Å². The van der Waals surface area contributed by atoms with Gasteiger partial charge in [0.2, 0.25) is 0 Å². The Labute approximate surface area is 150 Å². The van der Waals surface area contributed by atoms with Gasteiger partial charge in [-0.15, -0.1) is 0 Å². The molecule has 138 valence electrons. The summed E-state index contributed by atoms with van der Waals surface area (Å²) in [6.07, 6.45) is 0.0278. The molecule has 0 spiro atoms. The van der Waals surface area contributed by atoms with Gasteiger partial charge in [-0.1, -0.05) is 30.3 Å². The molecule has 0 aliphatic carbocycles. The van der Waals surface area contributed by atoms with Crippen molar-refractivity contribution in [3.05, 3.63) is 65.7 Å². The fourth-order valence-corrected chi connectivity index (χ4v) is 2.25. The van der Waals surface area contributed by atoms with Crippen LogP contribution in [-0.2, 0) is 20.9 Å². The number of amides is 1. The lowest BCUT2D eigenvalue weighted by atomic mass is 10.2. The predicted molar refractivity (Wildman–Crippen MR) is 90.3 cm³/mol. The number of methoxy groups -OCH3 is 1. The maximum absolute atomic E-state index is 13.6. The first-order chi connectivity index (χ1) is 12.5. The third-order valence-corrected chi connectivity index (χ3v) is 3.63. The Bertz CT molecular complexity index is 752. The van der Waals surface area contributed by atoms with Gasteiger partial charge in [0.25, 0.3) is 5.91 Å². The largest absolute Gasteiger partial charge is 0.481 e. The van der Waals surface area contributed by atoms with Crippen LogP contribution in [0.2, 0.25) is 0 Å². The zero-order chi connectivity index (χ0) is 18.9. The Hall–Kier alpha value is -2.96. The molecule has 0 heterocycles. The van der Waals surface area contributed by atoms with Gasteiger partial charge in [0.05, 0.1) is 13.5 Å². The Balaban J connectivity index is 2.02. The Morgan fingerprint density at radius 3 is 2.46 bits per heavy atom. The van der Waals surface area contributed by atoms with E-state index in [4.69, 9.17) is 4.74 Å². The van der Waals surface area contributed by atoms with Crippen molar-refractivity contribution in [2.75, 3.05) is 20.3 Å². The van der Waals surface area contributed by atoms with E-state index in [1.807, 2.05) is 30.3 Å². The van der Waals surface area contributed by atoms with Crippen LogP contribution in [0.3, 0.4) is 0 Å². The molecule has 0 aromatic heterocycles. The lowest BCUT2D eigenvalue weighted by molar-refractivity contribution is -0.142. The highest BCUT2D eigenvalue weighted by Crippen LogP contribution is 2.17. The van der Waals surface area contributed by atoms with E-state index in [9.17, 15) is 18.4 Å². The Morgan fingerprint density at radius 1 is 1.08 bits per heavy atom. The molecule has 2 aromatic carbocycles. The Kier molecular flexibility index (Phi) is 7.08. The normalized spacial score (nSPS) is 10.3. The van der Waals surface area contributed by atoms with Crippen LogP contribution < -0.4 is 4.74 Å². The monoisotopic (exact) mass is 363 g/mol. The van der Waals surface area contributed by atoms with E-state index in [-0.39, 0.29) is 25.3 Å². The average molecular weight is 363 g/mol. The van der Waals surface area contributed by atoms with Gasteiger partial charge < -0.3 is 14.4 Å². The quantitative estimate of drug-likeness (QED) is 0.677. The van der Waals surface area contributed by atoms with Crippen LogP contribution >= 0.6 is 0 Å². The van der Waals surface area contributed by atoms with Crippen LogP contribution in [0, 0.1) is 11.6 Å². The van der Waals surface area contributed by atoms with Crippen LogP contribution in [-0.4, -0.2) is 37.0 Å². The van der Waals surface area contributed by atoms with Gasteiger partial charge in [0.1, 0.15) is 5.82 Å². The molecule has 2 aromatic rings. The molecule has 0 saturated carbocycles. The molecule has 7 heteroatoms. The molecular weight excluding hydrogens is 344 g/mol. The first-order valence-electron chi connectivity index (χ1n) is 7.96. The highest BCUT2D eigenvalue weighted by Gasteiger charge is 2.17. The lowest BCUT2D eigenvalue weighted by Crippen LogP contribution is -2.36. The molecule has 0 N–H and O–H groups in total. The first kappa shape index (κ1) is 19.4. The second-order valence-electron chi connectivity index (χ2n) is 5.49. The number of carbonyl (C=O) groups excluding carboxylic acids is 2. The number of carbonyl (C=O) groups is 2. The number of benzene rings is 2. The van der Waals surface area contributed by atoms with Crippen LogP contribution in [0.5, 0.6) is 5.75 Å². The molecule has 5 nitrogen and oxygen atoms in total. The van der Waals surface area contributed by atoms with Crippen molar-refractivity contribution in [3.8, 4) is 5.75 Å². The van der Waals surface area contributed by atoms with Crippen LogP contribution in [0.25, 0.3) is 0 Å². The topological polar surface area (TPSA) is 55.8 Å². The third kappa shape index (κ3) is 5.84. The summed E-state index contributed by atoms with van der Waals surface area (Å²) < 4.78 is 36.3. The van der Waals surface area contributed by atoms with E-state index < -0.39 is 30.1 Å². The number of hydrogen-bond acceptors (Lipinski definition) is 4. The van der Waals surface area contributed by atoms with Crippen molar-refractivity contribution in [2.24, 2.45) is 0 Å². The molecule has 26 heavy (non-hydrogen) atoms. The minimum Gasteiger partial charge on any atom is -0.481 e. The molecule has 0 atom stereocenters. The molecule has 0 radical (unpaired) electrons. The van der Waals surface area contributed by atoms with Crippen molar-refractivity contribution >= 4 is 11.9 Å². The lowest BCUT2D eigenvalue weighted by Gasteiger charge is -2.22. The van der Waals surface area contributed by atoms with Gasteiger partial charge in [-0.3, -0.25) is 9.59 Å². The second kappa shape index (κ2) is 9.50. The molecule has 0 aliphatic rings. The highest BCUT2D eigenvalue weighted by atomic mass is 19.1. The summed E-state index contributed by atoms with van der Waals surface area (Å²) in [5, 5.41) is 0. The standard InChI is InChI=1S/C19H19F2NO4/c1-25-19(24)9-10-22(12-14-5-3-2-4-6-14)18(23)13-26-17-8-7-15(20)11-16(17)21/h2-8,11H,9-10,12-13H2,1H3. The second-order valence-corrected chi connectivity index (χ2v) is 5.49. The van der Waals surface area contributed by atoms with Gasteiger partial charge in [-0.2, -0.15) is 0 Å². The molecule has 0 bridgehead atoms. The van der Waals surface area contributed by atoms with E-state index in [0.717, 1.165) is 17.7 Å². The van der Waals surface area contributed by atoms with E-state index in [1.54, 1.807) is 0 Å². The van der Waals surface area contributed by atoms with E-state index in [2.05, 4.69) is 4.74 Å². The number of hydrogen-bond donors (Lipinski definition) is 0. The maximum Gasteiger partial charge on any atom is 0.307 e. The molecule has 0 aliphatic heterocycles. The van der Waals surface area contributed by atoms with Crippen molar-refractivity contribution in [1.29, 1.82) is 0 Å². The van der Waals surface area contributed by atoms with Crippen molar-refractivity contribution in [3.63, 3.8) is 0 Å². The Morgan fingerprint density at radius 2 is 1.81 bits per heavy atom. The van der Waals surface area contributed by atoms with Gasteiger partial charge in [0.15, 0.2) is 18.2 Å². The number of halogens is 2. The zero-order valence-electron chi connectivity index (χ0n) is 14.3. The minimum atomic E-state index is -0.887. The van der Waals surface area contributed by atoms with Gasteiger partial charge in [-0.05, 0) is 17.7 Å². The maximum atomic E-state index is 13.6. The SMILES string of the molecule is COC(=O)CCN(Cc1ccccc1)C(=O)COc1ccc(F)cc1F. The number of esters is 1. The van der Waals surface area contributed by atoms with Gasteiger partial charge in [-0.25, -0.2) is 8.78 Å². The van der Waals surface area contributed by atoms with Gasteiger partial charge in [0, 0.05) is 19.2 Å². The molecule has 2 rings (SSSR count). The van der Waals surface area contributed by atoms with E-state index >= 15 is 0 Å². The number of ether oxygens (including phenoxy) is 2. The zero-order valence-corrected chi connectivity index (χ0v) is 14.3. The summed E-state index contributed by atoms with van der Waals surface area (Å²) in [7, 11) is 1.27. The van der Waals surface area contributed by atoms with Crippen LogP contribution in [0.1, 0.15) is 12.0 Å². The summed E-state index contributed by atoms with van der Waals surface area (Å²) >= 11 is 0. The highest BCUT2D eigenvalue weighted by molar-refractivity contribution is 5.78. The smallest absolute Gasteiger partial charge is 0.307 e. The van der Waals surface area contributed by atoms with Crippen molar-refractivity contribution in [1.82, 2.24) is 4.90 Å². The summed E-state index contributed by atoms with van der Waals surface area (Å²) in [4.78, 5) is 25.2. The molecule has 0 saturated heterocycles. The summed E-state index contributed by atoms with van der Waals surface area (Å²) in [5.74, 6) is -2.71. The van der Waals surface area contributed by atoms with Crippen molar-refractivity contribution < 1.29 is 27.8 Å². The first-order valence-corrected chi connectivity index (χ1v) is 7.96. The fourth-order valence-electron chi connectivity index (χ4n) is 2.25. The number of rotatable bonds is 8. The number of nitrogens with zero attached hydrogens (tertiary/aromatic N) is 1. The van der Waals surface area contributed by atoms with E-state index in [0.29, 0.717) is 6.07 Å². The van der Waals surface area contributed by atoms with Gasteiger partial charge >= 0.3 is 5.97 Å². The third-order valence-electron chi connectivity index (χ3n) is 3.63. The van der Waals surface area contributed by atoms with Crippen LogP contribution in [0.15, 0.2) is 48.5 Å². The molecule has 1 amide bonds. The minimum absolute atomic E-state index is 0.0278. The van der Waals surface area contributed by atoms with Crippen molar-refractivity contribution in [2.45, 2.75) is 13.0 Å². The molecular formula is C19H19F2NO4. The van der Waals surface area contributed by atoms with Crippen LogP contribution in [0.4, 0.5) is 8.78 Å². The summed E-state index contributed by atoms with van der Waals surface area (Å²) in [5.41, 5.74) is 0.874. The fraction of sp³-hybridized carbons (Fsp3) is 0.263. The summed E-state index contributed by atoms with van der Waals surface area (Å²) in [6, 6.07) is 12.1. The molecule has 0 fully saturated rings.